The van der Waals surface area contributed by atoms with Gasteiger partial charge in [-0.05, 0) is 89.3 Å². The minimum Gasteiger partial charge on any atom is -0.383 e. The average Bonchev–Trinajstić information content (AvgIpc) is 3.82. The van der Waals surface area contributed by atoms with Crippen molar-refractivity contribution in [2.75, 3.05) is 32.7 Å². The number of benzene rings is 4. The number of amides is 4. The summed E-state index contributed by atoms with van der Waals surface area (Å²) < 4.78 is 0. The van der Waals surface area contributed by atoms with Crippen LogP contribution in [0.3, 0.4) is 0 Å². The molecule has 10 N–H and O–H groups in total. The van der Waals surface area contributed by atoms with Gasteiger partial charge in [-0.2, -0.15) is 10.2 Å². The van der Waals surface area contributed by atoms with Gasteiger partial charge < -0.3 is 32.7 Å². The third kappa shape index (κ3) is 9.89. The maximum absolute atomic E-state index is 12.4. The van der Waals surface area contributed by atoms with Crippen LogP contribution in [0, 0.1) is 17.0 Å². The number of nitrogens with one attached hydrogen (secondary N) is 6. The minimum absolute atomic E-state index is 0.112. The minimum atomic E-state index is -0.586. The summed E-state index contributed by atoms with van der Waals surface area (Å²) in [6.45, 7) is 14.5. The molecule has 8 aromatic rings. The molecule has 4 aromatic heterocycles. The van der Waals surface area contributed by atoms with Gasteiger partial charge in [-0.3, -0.25) is 20.3 Å². The zero-order chi connectivity index (χ0) is 45.9. The molecule has 8 rings (SSSR count). The molecule has 17 nitrogen and oxygen atoms in total. The number of rotatable bonds is 7. The molecule has 0 saturated heterocycles. The van der Waals surface area contributed by atoms with Crippen LogP contribution < -0.4 is 32.7 Å². The molecule has 17 heteroatoms. The Morgan fingerprint density at radius 2 is 1.05 bits per heavy atom. The molecule has 0 aliphatic carbocycles. The van der Waals surface area contributed by atoms with Crippen molar-refractivity contribution >= 4 is 74.2 Å². The van der Waals surface area contributed by atoms with Crippen molar-refractivity contribution in [1.29, 1.82) is 0 Å². The second-order valence-corrected chi connectivity index (χ2v) is 17.2. The first kappa shape index (κ1) is 43.7. The second-order valence-electron chi connectivity index (χ2n) is 17.2. The molecule has 0 aliphatic rings. The van der Waals surface area contributed by atoms with Gasteiger partial charge in [-0.15, -0.1) is 0 Å². The Labute approximate surface area is 368 Å². The van der Waals surface area contributed by atoms with E-state index in [4.69, 9.17) is 11.5 Å². The molecule has 0 bridgehead atoms. The van der Waals surface area contributed by atoms with Gasteiger partial charge in [-0.25, -0.2) is 19.6 Å². The highest BCUT2D eigenvalue weighted by atomic mass is 16.6. The number of hydrogen-bond donors (Lipinski definition) is 8. The summed E-state index contributed by atoms with van der Waals surface area (Å²) in [5.74, 6) is 0.914. The molecule has 64 heavy (non-hydrogen) atoms. The summed E-state index contributed by atoms with van der Waals surface area (Å²) in [5, 5.41) is 37.7. The summed E-state index contributed by atoms with van der Waals surface area (Å²) in [4.78, 5) is 44.6. The first-order valence-electron chi connectivity index (χ1n) is 20.3. The maximum Gasteiger partial charge on any atom is 0.323 e. The molecule has 0 fully saturated rings. The number of nitro groups is 1. The topological polar surface area (TPSA) is 261 Å². The van der Waals surface area contributed by atoms with E-state index in [1.54, 1.807) is 18.2 Å². The number of H-pyrrole nitrogens is 2. The van der Waals surface area contributed by atoms with Crippen molar-refractivity contribution in [3.63, 3.8) is 0 Å². The number of carbonyl (C=O) groups is 2. The summed E-state index contributed by atoms with van der Waals surface area (Å²) in [5.41, 5.74) is 21.5. The van der Waals surface area contributed by atoms with E-state index in [9.17, 15) is 19.7 Å². The summed E-state index contributed by atoms with van der Waals surface area (Å²) in [6.07, 6.45) is 0. The van der Waals surface area contributed by atoms with Crippen LogP contribution in [-0.4, -0.2) is 47.3 Å². The molecule has 0 aliphatic heterocycles. The summed E-state index contributed by atoms with van der Waals surface area (Å²) >= 11 is 0. The largest absolute Gasteiger partial charge is 0.383 e. The van der Waals surface area contributed by atoms with Gasteiger partial charge in [0.1, 0.15) is 17.3 Å². The summed E-state index contributed by atoms with van der Waals surface area (Å²) in [6, 6.07) is 31.6. The molecule has 4 amide bonds. The number of nitrogens with two attached hydrogens (primary N) is 2. The Morgan fingerprint density at radius 3 is 1.50 bits per heavy atom. The smallest absolute Gasteiger partial charge is 0.323 e. The molecule has 0 atom stereocenters. The number of urea groups is 2. The first-order chi connectivity index (χ1) is 30.3. The number of nitrogen functional groups attached to an aromatic ring is 2. The molecule has 4 heterocycles. The van der Waals surface area contributed by atoms with Crippen LogP contribution in [-0.2, 0) is 10.8 Å². The summed E-state index contributed by atoms with van der Waals surface area (Å²) in [7, 11) is 0. The number of nitro benzene ring substituents is 1. The standard InChI is InChI=1S/C24H26N6O.C23H23N7O3/c1-14-6-5-7-17(12-14)27-23(31)26-16-10-8-15(9-11-16)18-13-19(24(2,3)4)28-22-20(18)21(25)29-30-22;1-23(2,3)18-12-15(19-20(24)28-29-21(19)27-18)13-8-10-14(11-9-13)25-22(31)26-16-6-4-5-7-17(16)30(32)33/h5-13H,1-4H3,(H2,26,27,31)(H3,25,28,29,30);4-12H,1-3H3,(H2,25,26,31)(H3,24,27,28,29). The lowest BCUT2D eigenvalue weighted by Gasteiger charge is -2.19. The lowest BCUT2D eigenvalue weighted by molar-refractivity contribution is -0.383. The third-order valence-electron chi connectivity index (χ3n) is 10.2. The number of para-hydroxylation sites is 2. The van der Waals surface area contributed by atoms with Gasteiger partial charge in [0.15, 0.2) is 11.3 Å². The number of nitrogens with zero attached hydrogens (tertiary/aromatic N) is 5. The fourth-order valence-corrected chi connectivity index (χ4v) is 6.82. The lowest BCUT2D eigenvalue weighted by Crippen LogP contribution is -2.20. The zero-order valence-corrected chi connectivity index (χ0v) is 36.4. The van der Waals surface area contributed by atoms with Crippen molar-refractivity contribution in [2.45, 2.75) is 59.3 Å². The van der Waals surface area contributed by atoms with Crippen molar-refractivity contribution < 1.29 is 14.5 Å². The SMILES string of the molecule is CC(C)(C)c1cc(-c2ccc(NC(=O)Nc3ccccc3[N+](=O)[O-])cc2)c2c(N)[nH]nc2n1.Cc1cccc(NC(=O)Nc2ccc(-c3cc(C(C)(C)C)nc4n[nH]c(N)c34)cc2)c1. The van der Waals surface area contributed by atoms with Crippen LogP contribution in [0.2, 0.25) is 0 Å². The van der Waals surface area contributed by atoms with Crippen LogP contribution in [0.5, 0.6) is 0 Å². The molecule has 326 valence electrons. The van der Waals surface area contributed by atoms with Crippen LogP contribution in [0.4, 0.5) is 49.7 Å². The van der Waals surface area contributed by atoms with Crippen molar-refractivity contribution in [2.24, 2.45) is 0 Å². The average molecular weight is 860 g/mol. The Morgan fingerprint density at radius 1 is 0.594 bits per heavy atom. The van der Waals surface area contributed by atoms with Crippen LogP contribution in [0.25, 0.3) is 44.3 Å². The second kappa shape index (κ2) is 17.6. The number of fused-ring (bicyclic) bond motifs is 2. The Balaban J connectivity index is 0.000000192. The highest BCUT2D eigenvalue weighted by Crippen LogP contribution is 2.37. The van der Waals surface area contributed by atoms with Gasteiger partial charge in [0.25, 0.3) is 5.69 Å². The Kier molecular flexibility index (Phi) is 12.0. The van der Waals surface area contributed by atoms with Crippen LogP contribution in [0.1, 0.15) is 58.5 Å². The fraction of sp³-hybridized carbons (Fsp3) is 0.191. The van der Waals surface area contributed by atoms with Gasteiger partial charge >= 0.3 is 12.1 Å². The number of aromatic nitrogens is 6. The number of carbonyl (C=O) groups excluding carboxylic acids is 2. The monoisotopic (exact) mass is 859 g/mol. The molecular formula is C47H49N13O4. The highest BCUT2D eigenvalue weighted by molar-refractivity contribution is 6.04. The molecule has 4 aromatic carbocycles. The van der Waals surface area contributed by atoms with Crippen molar-refractivity contribution in [1.82, 2.24) is 30.4 Å². The number of aromatic amines is 2. The van der Waals surface area contributed by atoms with E-state index in [0.29, 0.717) is 34.3 Å². The van der Waals surface area contributed by atoms with Crippen molar-refractivity contribution in [3.8, 4) is 22.3 Å². The lowest BCUT2D eigenvalue weighted by atomic mass is 9.89. The van der Waals surface area contributed by atoms with Gasteiger partial charge in [0.05, 0.1) is 15.7 Å². The van der Waals surface area contributed by atoms with Crippen LogP contribution in [0.15, 0.2) is 109 Å². The molecular weight excluding hydrogens is 811 g/mol. The third-order valence-corrected chi connectivity index (χ3v) is 10.2. The fourth-order valence-electron chi connectivity index (χ4n) is 6.82. The van der Waals surface area contributed by atoms with E-state index in [1.165, 1.54) is 18.2 Å². The van der Waals surface area contributed by atoms with E-state index >= 15 is 0 Å². The predicted octanol–water partition coefficient (Wildman–Crippen LogP) is 10.5. The number of hydrogen-bond acceptors (Lipinski definition) is 10. The normalized spacial score (nSPS) is 11.4. The molecule has 0 saturated carbocycles. The van der Waals surface area contributed by atoms with Crippen LogP contribution >= 0.6 is 0 Å². The van der Waals surface area contributed by atoms with Gasteiger partial charge in [-0.1, -0.05) is 90.1 Å². The number of pyridine rings is 2. The predicted molar refractivity (Wildman–Crippen MR) is 254 cm³/mol. The highest BCUT2D eigenvalue weighted by Gasteiger charge is 2.23. The van der Waals surface area contributed by atoms with E-state index < -0.39 is 11.0 Å². The first-order valence-corrected chi connectivity index (χ1v) is 20.3. The van der Waals surface area contributed by atoms with E-state index in [0.717, 1.165) is 55.7 Å². The zero-order valence-electron chi connectivity index (χ0n) is 36.4. The maximum atomic E-state index is 12.4. The van der Waals surface area contributed by atoms with Crippen molar-refractivity contribution in [3.05, 3.63) is 136 Å². The molecule has 0 unspecified atom stereocenters. The van der Waals surface area contributed by atoms with E-state index in [1.807, 2.05) is 73.7 Å². The van der Waals surface area contributed by atoms with E-state index in [-0.39, 0.29) is 28.2 Å². The van der Waals surface area contributed by atoms with Gasteiger partial charge in [0, 0.05) is 45.3 Å². The molecule has 0 radical (unpaired) electrons. The molecule has 0 spiro atoms. The Bertz CT molecular complexity index is 3020. The van der Waals surface area contributed by atoms with E-state index in [2.05, 4.69) is 99.2 Å². The van der Waals surface area contributed by atoms with Gasteiger partial charge in [0.2, 0.25) is 0 Å². The number of aryl methyl sites for hydroxylation is 1. The number of anilines is 6. The Hall–Kier alpha value is -8.34. The quantitative estimate of drug-likeness (QED) is 0.0555.